The molecule has 0 amide bonds. The van der Waals surface area contributed by atoms with E-state index in [9.17, 15) is 0 Å². The first-order valence-corrected chi connectivity index (χ1v) is 10.9. The number of methoxy groups -OCH3 is 2. The lowest BCUT2D eigenvalue weighted by atomic mass is 9.83. The van der Waals surface area contributed by atoms with Crippen molar-refractivity contribution in [3.05, 3.63) is 82.1 Å². The van der Waals surface area contributed by atoms with Crippen LogP contribution in [0.1, 0.15) is 46.9 Å². The fraction of sp³-hybridized carbons (Fsp3) is 0.296. The molecule has 4 heteroatoms. The summed E-state index contributed by atoms with van der Waals surface area (Å²) in [4.78, 5) is 0. The zero-order valence-corrected chi connectivity index (χ0v) is 18.4. The highest BCUT2D eigenvalue weighted by Crippen LogP contribution is 2.43. The molecule has 0 bridgehead atoms. The third-order valence-corrected chi connectivity index (χ3v) is 6.58. The molecule has 0 radical (unpaired) electrons. The van der Waals surface area contributed by atoms with E-state index in [-0.39, 0.29) is 0 Å². The number of benzene rings is 2. The molecule has 158 valence electrons. The summed E-state index contributed by atoms with van der Waals surface area (Å²) < 4.78 is 17.1. The van der Waals surface area contributed by atoms with Crippen LogP contribution in [0.5, 0.6) is 5.75 Å². The quantitative estimate of drug-likeness (QED) is 0.512. The Kier molecular flexibility index (Phi) is 4.93. The lowest BCUT2D eigenvalue weighted by Gasteiger charge is -2.24. The lowest BCUT2D eigenvalue weighted by Crippen LogP contribution is -2.10. The number of hydrogen-bond acceptors (Lipinski definition) is 4. The van der Waals surface area contributed by atoms with E-state index in [1.807, 2.05) is 6.07 Å². The number of nitrogens with zero attached hydrogens (tertiary/aromatic N) is 1. The van der Waals surface area contributed by atoms with Crippen molar-refractivity contribution in [1.82, 2.24) is 5.16 Å². The molecule has 0 unspecified atom stereocenters. The molecule has 0 aliphatic heterocycles. The van der Waals surface area contributed by atoms with Gasteiger partial charge in [0.25, 0.3) is 0 Å². The maximum atomic E-state index is 5.88. The Morgan fingerprint density at radius 2 is 1.74 bits per heavy atom. The maximum absolute atomic E-state index is 5.88. The minimum absolute atomic E-state index is 0.847. The van der Waals surface area contributed by atoms with Crippen LogP contribution in [0.3, 0.4) is 0 Å². The monoisotopic (exact) mass is 413 g/mol. The fourth-order valence-corrected chi connectivity index (χ4v) is 4.87. The predicted molar refractivity (Wildman–Crippen MR) is 123 cm³/mol. The third-order valence-electron chi connectivity index (χ3n) is 6.58. The Bertz CT molecular complexity index is 1220. The van der Waals surface area contributed by atoms with Gasteiger partial charge in [0.1, 0.15) is 17.2 Å². The van der Waals surface area contributed by atoms with Gasteiger partial charge in [-0.05, 0) is 67.0 Å². The second kappa shape index (κ2) is 7.77. The number of aromatic nitrogens is 1. The van der Waals surface area contributed by atoms with E-state index in [0.29, 0.717) is 0 Å². The second-order valence-corrected chi connectivity index (χ2v) is 8.20. The summed E-state index contributed by atoms with van der Waals surface area (Å²) in [6.07, 6.45) is 4.71. The number of rotatable bonds is 5. The average molecular weight is 414 g/mol. The van der Waals surface area contributed by atoms with Crippen molar-refractivity contribution in [2.24, 2.45) is 0 Å². The minimum Gasteiger partial charge on any atom is -0.497 e. The van der Waals surface area contributed by atoms with Crippen LogP contribution in [0, 0.1) is 0 Å². The molecular weight excluding hydrogens is 386 g/mol. The van der Waals surface area contributed by atoms with Gasteiger partial charge in [-0.15, -0.1) is 0 Å². The molecule has 0 N–H and O–H groups in total. The van der Waals surface area contributed by atoms with E-state index >= 15 is 0 Å². The van der Waals surface area contributed by atoms with Crippen LogP contribution < -0.4 is 4.74 Å². The average Bonchev–Trinajstić information content (AvgIpc) is 3.26. The molecule has 2 aromatic carbocycles. The Balaban J connectivity index is 1.55. The zero-order valence-electron chi connectivity index (χ0n) is 18.4. The van der Waals surface area contributed by atoms with Crippen molar-refractivity contribution in [2.45, 2.75) is 39.0 Å². The number of fused-ring (bicyclic) bond motifs is 4. The summed E-state index contributed by atoms with van der Waals surface area (Å²) in [7, 11) is 3.42. The molecule has 0 atom stereocenters. The Morgan fingerprint density at radius 3 is 2.52 bits per heavy atom. The van der Waals surface area contributed by atoms with Gasteiger partial charge in [0.05, 0.1) is 14.2 Å². The molecule has 0 spiro atoms. The summed E-state index contributed by atoms with van der Waals surface area (Å²) in [5.74, 6) is 2.63. The SMILES string of the molecule is C=C(C1=C(OC)c2ccc(OC)cc2CC1)c1noc2c1CCc1cc(CC)ccc1-2. The van der Waals surface area contributed by atoms with Crippen LogP contribution in [-0.2, 0) is 30.4 Å². The van der Waals surface area contributed by atoms with E-state index in [4.69, 9.17) is 14.0 Å². The normalized spacial score (nSPS) is 14.5. The summed E-state index contributed by atoms with van der Waals surface area (Å²) in [5, 5.41) is 4.48. The standard InChI is InChI=1S/C27H27NO3/c1-5-17-6-10-23-18(14-17)8-12-24-25(28-31-27(23)24)16(2)21-11-7-19-15-20(29-3)9-13-22(19)26(21)30-4/h6,9-10,13-15H,2,5,7-8,11-12H2,1,3-4H3. The molecule has 31 heavy (non-hydrogen) atoms. The van der Waals surface area contributed by atoms with Gasteiger partial charge in [0.2, 0.25) is 0 Å². The molecular formula is C27H27NO3. The first-order valence-electron chi connectivity index (χ1n) is 10.9. The van der Waals surface area contributed by atoms with E-state index in [1.54, 1.807) is 14.2 Å². The first kappa shape index (κ1) is 19.7. The van der Waals surface area contributed by atoms with Crippen LogP contribution in [0.2, 0.25) is 0 Å². The van der Waals surface area contributed by atoms with Crippen LogP contribution in [0.25, 0.3) is 22.7 Å². The Labute approximate surface area is 183 Å². The summed E-state index contributed by atoms with van der Waals surface area (Å²) >= 11 is 0. The molecule has 0 saturated carbocycles. The smallest absolute Gasteiger partial charge is 0.170 e. The van der Waals surface area contributed by atoms with Gasteiger partial charge in [0, 0.05) is 27.8 Å². The highest BCUT2D eigenvalue weighted by molar-refractivity contribution is 5.89. The molecule has 4 nitrogen and oxygen atoms in total. The van der Waals surface area contributed by atoms with Crippen LogP contribution in [-0.4, -0.2) is 19.4 Å². The number of ether oxygens (including phenoxy) is 2. The third kappa shape index (κ3) is 3.18. The largest absolute Gasteiger partial charge is 0.497 e. The van der Waals surface area contributed by atoms with Crippen molar-refractivity contribution < 1.29 is 14.0 Å². The molecule has 0 fully saturated rings. The Hall–Kier alpha value is -3.27. The molecule has 5 rings (SSSR count). The molecule has 1 aromatic heterocycles. The highest BCUT2D eigenvalue weighted by Gasteiger charge is 2.29. The van der Waals surface area contributed by atoms with Gasteiger partial charge >= 0.3 is 0 Å². The van der Waals surface area contributed by atoms with Gasteiger partial charge in [-0.1, -0.05) is 36.9 Å². The van der Waals surface area contributed by atoms with Crippen LogP contribution in [0.15, 0.2) is 53.1 Å². The van der Waals surface area contributed by atoms with Gasteiger partial charge in [-0.25, -0.2) is 0 Å². The topological polar surface area (TPSA) is 44.5 Å². The van der Waals surface area contributed by atoms with E-state index < -0.39 is 0 Å². The van der Waals surface area contributed by atoms with Gasteiger partial charge in [-0.3, -0.25) is 0 Å². The number of aryl methyl sites for hydroxylation is 3. The highest BCUT2D eigenvalue weighted by atomic mass is 16.5. The molecule has 0 saturated heterocycles. The molecule has 3 aromatic rings. The minimum atomic E-state index is 0.847. The number of hydrogen-bond donors (Lipinski definition) is 0. The second-order valence-electron chi connectivity index (χ2n) is 8.20. The van der Waals surface area contributed by atoms with E-state index in [0.717, 1.165) is 82.9 Å². The predicted octanol–water partition coefficient (Wildman–Crippen LogP) is 6.03. The maximum Gasteiger partial charge on any atom is 0.170 e. The van der Waals surface area contributed by atoms with Crippen molar-refractivity contribution in [1.29, 1.82) is 0 Å². The van der Waals surface area contributed by atoms with Crippen molar-refractivity contribution >= 4 is 11.3 Å². The molecule has 2 aliphatic carbocycles. The van der Waals surface area contributed by atoms with Crippen LogP contribution >= 0.6 is 0 Å². The van der Waals surface area contributed by atoms with Crippen molar-refractivity contribution in [3.63, 3.8) is 0 Å². The zero-order chi connectivity index (χ0) is 21.5. The Morgan fingerprint density at radius 1 is 0.968 bits per heavy atom. The van der Waals surface area contributed by atoms with Gasteiger partial charge in [-0.2, -0.15) is 0 Å². The summed E-state index contributed by atoms with van der Waals surface area (Å²) in [6.45, 7) is 6.62. The fourth-order valence-electron chi connectivity index (χ4n) is 4.87. The van der Waals surface area contributed by atoms with Crippen molar-refractivity contribution in [2.75, 3.05) is 14.2 Å². The lowest BCUT2D eigenvalue weighted by molar-refractivity contribution is 0.364. The summed E-state index contributed by atoms with van der Waals surface area (Å²) in [6, 6.07) is 12.8. The van der Waals surface area contributed by atoms with E-state index in [2.05, 4.69) is 49.0 Å². The molecule has 2 aliphatic rings. The number of allylic oxidation sites excluding steroid dienone is 2. The van der Waals surface area contributed by atoms with Crippen molar-refractivity contribution in [3.8, 4) is 17.1 Å². The van der Waals surface area contributed by atoms with Gasteiger partial charge < -0.3 is 14.0 Å². The van der Waals surface area contributed by atoms with E-state index in [1.165, 1.54) is 16.7 Å². The first-order chi connectivity index (χ1) is 15.1. The van der Waals surface area contributed by atoms with Gasteiger partial charge in [0.15, 0.2) is 5.76 Å². The summed E-state index contributed by atoms with van der Waals surface area (Å²) in [5.41, 5.74) is 10.2. The molecule has 1 heterocycles. The van der Waals surface area contributed by atoms with Crippen LogP contribution in [0.4, 0.5) is 0 Å².